The molecular weight excluding hydrogens is 166 g/mol. The number of nitrogens with one attached hydrogen (secondary N) is 1. The van der Waals surface area contributed by atoms with Crippen LogP contribution in [0, 0.1) is 0 Å². The van der Waals surface area contributed by atoms with Crippen LogP contribution in [0.5, 0.6) is 0 Å². The van der Waals surface area contributed by atoms with Crippen molar-refractivity contribution in [2.75, 3.05) is 0 Å². The van der Waals surface area contributed by atoms with Crippen molar-refractivity contribution in [1.82, 2.24) is 5.32 Å². The molecule has 0 saturated carbocycles. The first-order valence-electron chi connectivity index (χ1n) is 4.06. The summed E-state index contributed by atoms with van der Waals surface area (Å²) in [6.45, 7) is 12.0. The van der Waals surface area contributed by atoms with Crippen LogP contribution < -0.4 is 5.32 Å². The monoisotopic (exact) mass is 181 g/mol. The molecule has 3 nitrogen and oxygen atoms in total. The Morgan fingerprint density at radius 2 is 1.69 bits per heavy atom. The predicted octanol–water partition coefficient (Wildman–Crippen LogP) is 1.21. The van der Waals surface area contributed by atoms with Gasteiger partial charge in [-0.3, -0.25) is 9.59 Å². The van der Waals surface area contributed by atoms with E-state index in [1.165, 1.54) is 0 Å². The van der Waals surface area contributed by atoms with Crippen molar-refractivity contribution in [3.63, 3.8) is 0 Å². The molecule has 0 heterocycles. The molecule has 1 N–H and O–H groups in total. The molecule has 0 aliphatic carbocycles. The number of Topliss-reactive ketones (excluding diaryl/α,β-unsaturated/α-hetero) is 1. The molecule has 0 rings (SSSR count). The minimum Gasteiger partial charge on any atom is -0.350 e. The normalized spacial score (nSPS) is 9.54. The first-order chi connectivity index (χ1) is 5.86. The van der Waals surface area contributed by atoms with Gasteiger partial charge in [-0.25, -0.2) is 0 Å². The minimum absolute atomic E-state index is 0.00201. The molecule has 0 spiro atoms. The fourth-order valence-corrected chi connectivity index (χ4v) is 0.710. The van der Waals surface area contributed by atoms with E-state index in [2.05, 4.69) is 18.5 Å². The molecule has 0 radical (unpaired) electrons. The van der Waals surface area contributed by atoms with Crippen molar-refractivity contribution in [3.05, 3.63) is 24.3 Å². The fraction of sp³-hybridized carbons (Fsp3) is 0.400. The lowest BCUT2D eigenvalue weighted by Gasteiger charge is -2.09. The second kappa shape index (κ2) is 4.60. The van der Waals surface area contributed by atoms with Gasteiger partial charge in [0.05, 0.1) is 5.57 Å². The summed E-state index contributed by atoms with van der Waals surface area (Å²) in [5, 5.41) is 2.58. The Hall–Kier alpha value is -1.38. The lowest BCUT2D eigenvalue weighted by molar-refractivity contribution is -0.121. The average molecular weight is 181 g/mol. The van der Waals surface area contributed by atoms with Crippen LogP contribution in [0.3, 0.4) is 0 Å². The van der Waals surface area contributed by atoms with Crippen molar-refractivity contribution in [3.8, 4) is 0 Å². The molecule has 3 heteroatoms. The molecule has 0 unspecified atom stereocenters. The molecule has 0 fully saturated rings. The molecule has 13 heavy (non-hydrogen) atoms. The maximum absolute atomic E-state index is 11.2. The Kier molecular flexibility index (Phi) is 4.11. The molecule has 0 bridgehead atoms. The lowest BCUT2D eigenvalue weighted by atomic mass is 10.1. The summed E-state index contributed by atoms with van der Waals surface area (Å²) in [7, 11) is 0. The van der Waals surface area contributed by atoms with E-state index >= 15 is 0 Å². The van der Waals surface area contributed by atoms with Crippen LogP contribution in [0.1, 0.15) is 20.8 Å². The van der Waals surface area contributed by atoms with Crippen molar-refractivity contribution in [2.24, 2.45) is 0 Å². The third-order valence-electron chi connectivity index (χ3n) is 1.36. The van der Waals surface area contributed by atoms with Crippen molar-refractivity contribution in [2.45, 2.75) is 26.8 Å². The van der Waals surface area contributed by atoms with Gasteiger partial charge in [0.2, 0.25) is 0 Å². The van der Waals surface area contributed by atoms with Gasteiger partial charge in [-0.15, -0.1) is 0 Å². The topological polar surface area (TPSA) is 46.2 Å². The number of allylic oxidation sites excluding steroid dienone is 1. The highest BCUT2D eigenvalue weighted by atomic mass is 16.2. The molecule has 0 atom stereocenters. The van der Waals surface area contributed by atoms with E-state index in [4.69, 9.17) is 0 Å². The largest absolute Gasteiger partial charge is 0.350 e. The molecule has 72 valence electrons. The molecule has 0 aromatic heterocycles. The first-order valence-corrected chi connectivity index (χ1v) is 4.06. The highest BCUT2D eigenvalue weighted by Gasteiger charge is 2.16. The maximum atomic E-state index is 11.2. The molecule has 0 aliphatic heterocycles. The summed E-state index contributed by atoms with van der Waals surface area (Å²) >= 11 is 0. The van der Waals surface area contributed by atoms with Gasteiger partial charge < -0.3 is 5.32 Å². The molecule has 0 saturated heterocycles. The summed E-state index contributed by atoms with van der Waals surface area (Å²) in [5.74, 6) is -0.818. The molecule has 0 aromatic carbocycles. The average Bonchev–Trinajstić information content (AvgIpc) is 2.00. The van der Waals surface area contributed by atoms with Gasteiger partial charge >= 0.3 is 0 Å². The van der Waals surface area contributed by atoms with E-state index in [1.807, 2.05) is 13.8 Å². The van der Waals surface area contributed by atoms with E-state index in [1.54, 1.807) is 6.92 Å². The summed E-state index contributed by atoms with van der Waals surface area (Å²) in [6, 6.07) is 0.00201. The van der Waals surface area contributed by atoms with E-state index in [9.17, 15) is 9.59 Å². The minimum atomic E-state index is -0.428. The third-order valence-corrected chi connectivity index (χ3v) is 1.36. The molecule has 0 aliphatic rings. The summed E-state index contributed by atoms with van der Waals surface area (Å²) in [4.78, 5) is 22.4. The van der Waals surface area contributed by atoms with Crippen molar-refractivity contribution >= 4 is 11.7 Å². The highest BCUT2D eigenvalue weighted by Crippen LogP contribution is 2.01. The van der Waals surface area contributed by atoms with E-state index in [0.717, 1.165) is 0 Å². The number of hydrogen-bond acceptors (Lipinski definition) is 2. The van der Waals surface area contributed by atoms with Gasteiger partial charge in [-0.2, -0.15) is 0 Å². The Morgan fingerprint density at radius 3 is 2.00 bits per heavy atom. The van der Waals surface area contributed by atoms with Crippen LogP contribution in [0.4, 0.5) is 0 Å². The van der Waals surface area contributed by atoms with Crippen LogP contribution in [0.2, 0.25) is 0 Å². The smallest absolute Gasteiger partial charge is 0.254 e. The molecular formula is C10H15NO2. The Bertz CT molecular complexity index is 264. The number of amides is 1. The van der Waals surface area contributed by atoms with Gasteiger partial charge in [0.1, 0.15) is 0 Å². The number of ketones is 1. The van der Waals surface area contributed by atoms with Gasteiger partial charge in [0.25, 0.3) is 5.91 Å². The van der Waals surface area contributed by atoms with Crippen LogP contribution in [0.15, 0.2) is 24.3 Å². The quantitative estimate of drug-likeness (QED) is 0.402. The zero-order valence-corrected chi connectivity index (χ0v) is 8.31. The van der Waals surface area contributed by atoms with Gasteiger partial charge in [-0.05, 0) is 26.3 Å². The predicted molar refractivity (Wildman–Crippen MR) is 52.2 cm³/mol. The fourth-order valence-electron chi connectivity index (χ4n) is 0.710. The van der Waals surface area contributed by atoms with Gasteiger partial charge in [0, 0.05) is 6.04 Å². The Labute approximate surface area is 78.5 Å². The molecule has 0 aromatic rings. The Morgan fingerprint density at radius 1 is 1.23 bits per heavy atom. The second-order valence-corrected chi connectivity index (χ2v) is 3.22. The first kappa shape index (κ1) is 11.6. The third kappa shape index (κ3) is 3.69. The summed E-state index contributed by atoms with van der Waals surface area (Å²) < 4.78 is 0. The zero-order chi connectivity index (χ0) is 10.6. The van der Waals surface area contributed by atoms with Crippen LogP contribution in [0.25, 0.3) is 0 Å². The standard InChI is InChI=1S/C10H15NO2/c1-6(2)9(12)8(5)10(13)11-7(3)4/h7H,1,5H2,2-4H3,(H,11,13). The van der Waals surface area contributed by atoms with E-state index in [-0.39, 0.29) is 11.6 Å². The van der Waals surface area contributed by atoms with Crippen LogP contribution in [-0.2, 0) is 9.59 Å². The highest BCUT2D eigenvalue weighted by molar-refractivity contribution is 6.24. The molecule has 1 amide bonds. The van der Waals surface area contributed by atoms with Crippen molar-refractivity contribution in [1.29, 1.82) is 0 Å². The second-order valence-electron chi connectivity index (χ2n) is 3.22. The zero-order valence-electron chi connectivity index (χ0n) is 8.31. The number of carbonyl (C=O) groups is 2. The summed E-state index contributed by atoms with van der Waals surface area (Å²) in [5.41, 5.74) is 0.269. The number of hydrogen-bond donors (Lipinski definition) is 1. The Balaban J connectivity index is 4.36. The lowest BCUT2D eigenvalue weighted by Crippen LogP contribution is -2.33. The van der Waals surface area contributed by atoms with E-state index in [0.29, 0.717) is 5.57 Å². The van der Waals surface area contributed by atoms with Gasteiger partial charge in [-0.1, -0.05) is 13.2 Å². The van der Waals surface area contributed by atoms with Gasteiger partial charge in [0.15, 0.2) is 5.78 Å². The number of carbonyl (C=O) groups excluding carboxylic acids is 2. The van der Waals surface area contributed by atoms with Crippen molar-refractivity contribution < 1.29 is 9.59 Å². The van der Waals surface area contributed by atoms with E-state index < -0.39 is 11.7 Å². The maximum Gasteiger partial charge on any atom is 0.254 e. The summed E-state index contributed by atoms with van der Waals surface area (Å²) in [6.07, 6.45) is 0. The SMILES string of the molecule is C=C(C)C(=O)C(=C)C(=O)NC(C)C. The van der Waals surface area contributed by atoms with Crippen LogP contribution in [-0.4, -0.2) is 17.7 Å². The number of rotatable bonds is 4. The van der Waals surface area contributed by atoms with Crippen LogP contribution >= 0.6 is 0 Å².